The van der Waals surface area contributed by atoms with E-state index in [1.807, 2.05) is 0 Å². The van der Waals surface area contributed by atoms with Crippen LogP contribution < -0.4 is 4.74 Å². The smallest absolute Gasteiger partial charge is 0.119 e. The number of hydrogen-bond donors (Lipinski definition) is 0. The number of nitrogens with zero attached hydrogens (tertiary/aromatic N) is 1. The van der Waals surface area contributed by atoms with E-state index in [0.29, 0.717) is 0 Å². The van der Waals surface area contributed by atoms with Crippen molar-refractivity contribution >= 4 is 11.1 Å². The van der Waals surface area contributed by atoms with Crippen LogP contribution in [0.5, 0.6) is 5.75 Å². The molecule has 0 amide bonds. The average Bonchev–Trinajstić information content (AvgIpc) is 3.13. The molecule has 1 aliphatic heterocycles. The van der Waals surface area contributed by atoms with E-state index in [1.54, 1.807) is 0 Å². The van der Waals surface area contributed by atoms with E-state index in [9.17, 15) is 0 Å². The summed E-state index contributed by atoms with van der Waals surface area (Å²) >= 11 is 0. The molecule has 3 aromatic rings. The van der Waals surface area contributed by atoms with Crippen molar-refractivity contribution in [2.75, 3.05) is 26.2 Å². The van der Waals surface area contributed by atoms with Gasteiger partial charge in [-0.2, -0.15) is 0 Å². The molecule has 1 aliphatic rings. The Morgan fingerprint density at radius 3 is 2.15 bits per heavy atom. The summed E-state index contributed by atoms with van der Waals surface area (Å²) in [5, 5.41) is 0. The maximum Gasteiger partial charge on any atom is 0.119 e. The third-order valence-corrected chi connectivity index (χ3v) is 6.81. The van der Waals surface area contributed by atoms with Gasteiger partial charge < -0.3 is 4.74 Å². The van der Waals surface area contributed by atoms with Crippen LogP contribution in [0.1, 0.15) is 54.9 Å². The van der Waals surface area contributed by atoms with E-state index in [0.717, 1.165) is 25.3 Å². The lowest BCUT2D eigenvalue weighted by molar-refractivity contribution is 0.214. The second-order valence-electron chi connectivity index (χ2n) is 9.21. The molecule has 1 fully saturated rings. The van der Waals surface area contributed by atoms with Crippen molar-refractivity contribution in [2.45, 2.75) is 46.0 Å². The first kappa shape index (κ1) is 23.3. The molecule has 0 spiro atoms. The largest absolute Gasteiger partial charge is 0.492 e. The zero-order chi connectivity index (χ0) is 22.9. The van der Waals surface area contributed by atoms with Gasteiger partial charge in [-0.15, -0.1) is 0 Å². The minimum Gasteiger partial charge on any atom is -0.492 e. The molecule has 0 unspecified atom stereocenters. The number of aryl methyl sites for hydroxylation is 1. The Kier molecular flexibility index (Phi) is 8.38. The Hall–Kier alpha value is -2.84. The van der Waals surface area contributed by atoms with Gasteiger partial charge in [0.05, 0.1) is 0 Å². The fourth-order valence-corrected chi connectivity index (χ4v) is 4.76. The van der Waals surface area contributed by atoms with Gasteiger partial charge in [-0.05, 0) is 91.7 Å². The molecule has 0 bridgehead atoms. The van der Waals surface area contributed by atoms with Crippen molar-refractivity contribution in [1.82, 2.24) is 4.90 Å². The fourth-order valence-electron chi connectivity index (χ4n) is 4.76. The lowest BCUT2D eigenvalue weighted by Crippen LogP contribution is -2.29. The summed E-state index contributed by atoms with van der Waals surface area (Å²) < 4.78 is 6.08. The van der Waals surface area contributed by atoms with E-state index in [2.05, 4.69) is 97.6 Å². The van der Waals surface area contributed by atoms with Gasteiger partial charge >= 0.3 is 0 Å². The fraction of sp³-hybridized carbons (Fsp3) is 0.355. The van der Waals surface area contributed by atoms with Crippen molar-refractivity contribution in [3.8, 4) is 5.75 Å². The number of likely N-dealkylation sites (tertiary alicyclic amines) is 1. The SMILES string of the molecule is C/C(=C(/Cc1ccc(OCCN2CCCCCC2)cc1)c1ccccc1C)c1ccccc1. The molecule has 33 heavy (non-hydrogen) atoms. The first-order valence-corrected chi connectivity index (χ1v) is 12.5. The third kappa shape index (κ3) is 6.58. The highest BCUT2D eigenvalue weighted by Gasteiger charge is 2.12. The third-order valence-electron chi connectivity index (χ3n) is 6.81. The molecule has 0 atom stereocenters. The summed E-state index contributed by atoms with van der Waals surface area (Å²) in [7, 11) is 0. The van der Waals surface area contributed by atoms with Gasteiger partial charge in [0.15, 0.2) is 0 Å². The van der Waals surface area contributed by atoms with Gasteiger partial charge in [0.2, 0.25) is 0 Å². The molecule has 1 saturated heterocycles. The summed E-state index contributed by atoms with van der Waals surface area (Å²) in [6.07, 6.45) is 6.31. The zero-order valence-corrected chi connectivity index (χ0v) is 20.2. The van der Waals surface area contributed by atoms with Crippen LogP contribution in [0.25, 0.3) is 11.1 Å². The number of rotatable bonds is 8. The van der Waals surface area contributed by atoms with Gasteiger partial charge in [0, 0.05) is 6.54 Å². The summed E-state index contributed by atoms with van der Waals surface area (Å²) in [5.74, 6) is 0.967. The molecule has 0 saturated carbocycles. The summed E-state index contributed by atoms with van der Waals surface area (Å²) in [4.78, 5) is 2.55. The Labute approximate surface area is 199 Å². The van der Waals surface area contributed by atoms with Gasteiger partial charge in [0.1, 0.15) is 12.4 Å². The number of hydrogen-bond acceptors (Lipinski definition) is 2. The Morgan fingerprint density at radius 1 is 0.788 bits per heavy atom. The topological polar surface area (TPSA) is 12.5 Å². The monoisotopic (exact) mass is 439 g/mol. The maximum atomic E-state index is 6.08. The molecule has 3 aromatic carbocycles. The van der Waals surface area contributed by atoms with E-state index < -0.39 is 0 Å². The number of benzene rings is 3. The van der Waals surface area contributed by atoms with Crippen molar-refractivity contribution in [3.05, 3.63) is 101 Å². The highest BCUT2D eigenvalue weighted by Crippen LogP contribution is 2.31. The second-order valence-corrected chi connectivity index (χ2v) is 9.21. The highest BCUT2D eigenvalue weighted by molar-refractivity contribution is 5.91. The zero-order valence-electron chi connectivity index (χ0n) is 20.2. The Morgan fingerprint density at radius 2 is 1.45 bits per heavy atom. The number of allylic oxidation sites excluding steroid dienone is 2. The lowest BCUT2D eigenvalue weighted by Gasteiger charge is -2.20. The quantitative estimate of drug-likeness (QED) is 0.339. The molecule has 0 radical (unpaired) electrons. The molecule has 172 valence electrons. The van der Waals surface area contributed by atoms with Crippen LogP contribution in [-0.2, 0) is 6.42 Å². The average molecular weight is 440 g/mol. The lowest BCUT2D eigenvalue weighted by atomic mass is 9.89. The highest BCUT2D eigenvalue weighted by atomic mass is 16.5. The molecule has 1 heterocycles. The number of ether oxygens (including phenoxy) is 1. The van der Waals surface area contributed by atoms with E-state index in [-0.39, 0.29) is 0 Å². The first-order chi connectivity index (χ1) is 16.2. The molecule has 2 nitrogen and oxygen atoms in total. The van der Waals surface area contributed by atoms with Crippen LogP contribution in [-0.4, -0.2) is 31.1 Å². The summed E-state index contributed by atoms with van der Waals surface area (Å²) in [6, 6.07) is 28.1. The molecule has 0 aromatic heterocycles. The minimum atomic E-state index is 0.765. The van der Waals surface area contributed by atoms with Crippen molar-refractivity contribution < 1.29 is 4.74 Å². The van der Waals surface area contributed by atoms with Crippen LogP contribution in [0.15, 0.2) is 78.9 Å². The van der Waals surface area contributed by atoms with Gasteiger partial charge in [-0.3, -0.25) is 4.90 Å². The van der Waals surface area contributed by atoms with Crippen LogP contribution in [0.2, 0.25) is 0 Å². The predicted molar refractivity (Wildman–Crippen MR) is 141 cm³/mol. The minimum absolute atomic E-state index is 0.765. The van der Waals surface area contributed by atoms with Crippen molar-refractivity contribution in [3.63, 3.8) is 0 Å². The molecular formula is C31H37NO. The van der Waals surface area contributed by atoms with Gasteiger partial charge in [-0.1, -0.05) is 79.6 Å². The normalized spacial score (nSPS) is 15.6. The summed E-state index contributed by atoms with van der Waals surface area (Å²) in [6.45, 7) is 8.68. The van der Waals surface area contributed by atoms with E-state index in [1.165, 1.54) is 72.2 Å². The summed E-state index contributed by atoms with van der Waals surface area (Å²) in [5.41, 5.74) is 7.96. The van der Waals surface area contributed by atoms with Crippen LogP contribution in [0.4, 0.5) is 0 Å². The predicted octanol–water partition coefficient (Wildman–Crippen LogP) is 7.42. The Bertz CT molecular complexity index is 1030. The van der Waals surface area contributed by atoms with Crippen LogP contribution in [0, 0.1) is 6.92 Å². The maximum absolute atomic E-state index is 6.08. The van der Waals surface area contributed by atoms with E-state index in [4.69, 9.17) is 4.74 Å². The van der Waals surface area contributed by atoms with Gasteiger partial charge in [-0.25, -0.2) is 0 Å². The van der Waals surface area contributed by atoms with Crippen molar-refractivity contribution in [1.29, 1.82) is 0 Å². The molecule has 0 aliphatic carbocycles. The first-order valence-electron chi connectivity index (χ1n) is 12.5. The van der Waals surface area contributed by atoms with Crippen LogP contribution in [0.3, 0.4) is 0 Å². The Balaban J connectivity index is 1.46. The van der Waals surface area contributed by atoms with Gasteiger partial charge in [0.25, 0.3) is 0 Å². The van der Waals surface area contributed by atoms with Crippen LogP contribution >= 0.6 is 0 Å². The standard InChI is InChI=1S/C31H37NO/c1-25-12-8-9-15-30(25)31(26(2)28-13-6-5-7-14-28)24-27-16-18-29(19-17-27)33-23-22-32-20-10-3-4-11-21-32/h5-9,12-19H,3-4,10-11,20-24H2,1-2H3/b31-26+. The molecule has 2 heteroatoms. The van der Waals surface area contributed by atoms with Crippen molar-refractivity contribution in [2.24, 2.45) is 0 Å². The van der Waals surface area contributed by atoms with E-state index >= 15 is 0 Å². The molecule has 0 N–H and O–H groups in total. The second kappa shape index (κ2) is 11.9. The molecule has 4 rings (SSSR count). The molecular weight excluding hydrogens is 402 g/mol.